The van der Waals surface area contributed by atoms with Gasteiger partial charge in [-0.3, -0.25) is 0 Å². The Labute approximate surface area is 116 Å². The zero-order valence-electron chi connectivity index (χ0n) is 10.5. The van der Waals surface area contributed by atoms with Crippen molar-refractivity contribution in [1.82, 2.24) is 4.72 Å². The SMILES string of the molecule is N#Cc1c(F)cccc1S(=O)(=O)NC1CC2CCC1O2. The second-order valence-electron chi connectivity index (χ2n) is 5.06. The predicted molar refractivity (Wildman–Crippen MR) is 67.7 cm³/mol. The van der Waals surface area contributed by atoms with E-state index in [1.165, 1.54) is 12.1 Å². The Hall–Kier alpha value is -1.49. The smallest absolute Gasteiger partial charge is 0.242 e. The van der Waals surface area contributed by atoms with Crippen molar-refractivity contribution in [3.05, 3.63) is 29.6 Å². The van der Waals surface area contributed by atoms with Crippen LogP contribution in [0.3, 0.4) is 0 Å². The van der Waals surface area contributed by atoms with Gasteiger partial charge in [0.25, 0.3) is 0 Å². The van der Waals surface area contributed by atoms with E-state index in [0.29, 0.717) is 6.42 Å². The number of ether oxygens (including phenoxy) is 1. The second kappa shape index (κ2) is 4.81. The van der Waals surface area contributed by atoms with E-state index in [1.54, 1.807) is 6.07 Å². The summed E-state index contributed by atoms with van der Waals surface area (Å²) in [5.41, 5.74) is -0.455. The highest BCUT2D eigenvalue weighted by atomic mass is 32.2. The van der Waals surface area contributed by atoms with Crippen molar-refractivity contribution in [2.45, 2.75) is 42.4 Å². The Morgan fingerprint density at radius 2 is 2.20 bits per heavy atom. The molecule has 2 fully saturated rings. The number of sulfonamides is 1. The van der Waals surface area contributed by atoms with Gasteiger partial charge in [-0.2, -0.15) is 5.26 Å². The van der Waals surface area contributed by atoms with Crippen LogP contribution in [0.2, 0.25) is 0 Å². The molecule has 2 aliphatic heterocycles. The molecule has 1 N–H and O–H groups in total. The Bertz CT molecular complexity index is 683. The second-order valence-corrected chi connectivity index (χ2v) is 6.74. The molecule has 3 unspecified atom stereocenters. The van der Waals surface area contributed by atoms with Gasteiger partial charge >= 0.3 is 0 Å². The number of hydrogen-bond donors (Lipinski definition) is 1. The highest BCUT2D eigenvalue weighted by Gasteiger charge is 2.42. The van der Waals surface area contributed by atoms with Crippen LogP contribution in [0.1, 0.15) is 24.8 Å². The normalized spacial score (nSPS) is 28.5. The molecule has 3 rings (SSSR count). The summed E-state index contributed by atoms with van der Waals surface area (Å²) in [5, 5.41) is 8.92. The molecule has 0 aromatic heterocycles. The molecular weight excluding hydrogens is 283 g/mol. The molecule has 7 heteroatoms. The van der Waals surface area contributed by atoms with Crippen molar-refractivity contribution in [3.63, 3.8) is 0 Å². The van der Waals surface area contributed by atoms with E-state index in [-0.39, 0.29) is 23.1 Å². The van der Waals surface area contributed by atoms with Gasteiger partial charge in [0.2, 0.25) is 10.0 Å². The summed E-state index contributed by atoms with van der Waals surface area (Å²) in [5.74, 6) is -0.834. The number of benzene rings is 1. The van der Waals surface area contributed by atoms with Crippen LogP contribution in [0.4, 0.5) is 4.39 Å². The van der Waals surface area contributed by atoms with Gasteiger partial charge in [0.05, 0.1) is 18.2 Å². The van der Waals surface area contributed by atoms with E-state index in [0.717, 1.165) is 18.9 Å². The highest BCUT2D eigenvalue weighted by molar-refractivity contribution is 7.89. The van der Waals surface area contributed by atoms with Gasteiger partial charge < -0.3 is 4.74 Å². The first kappa shape index (κ1) is 13.5. The predicted octanol–water partition coefficient (Wildman–Crippen LogP) is 1.30. The average Bonchev–Trinajstić information content (AvgIpc) is 3.00. The Balaban J connectivity index is 1.90. The molecule has 2 aliphatic rings. The first-order valence-electron chi connectivity index (χ1n) is 6.37. The summed E-state index contributed by atoms with van der Waals surface area (Å²) in [6.07, 6.45) is 2.39. The zero-order valence-corrected chi connectivity index (χ0v) is 11.4. The van der Waals surface area contributed by atoms with Crippen LogP contribution in [0.5, 0.6) is 0 Å². The lowest BCUT2D eigenvalue weighted by molar-refractivity contribution is 0.0996. The van der Waals surface area contributed by atoms with Crippen LogP contribution in [0.15, 0.2) is 23.1 Å². The number of fused-ring (bicyclic) bond motifs is 2. The highest BCUT2D eigenvalue weighted by Crippen LogP contribution is 2.35. The lowest BCUT2D eigenvalue weighted by Crippen LogP contribution is -2.41. The van der Waals surface area contributed by atoms with E-state index in [4.69, 9.17) is 10.00 Å². The average molecular weight is 296 g/mol. The standard InChI is InChI=1S/C13H13FN2O3S/c14-10-2-1-3-13(9(10)7-15)20(17,18)16-11-6-8-4-5-12(11)19-8/h1-3,8,11-12,16H,4-6H2. The maximum absolute atomic E-state index is 13.5. The molecule has 0 saturated carbocycles. The first-order chi connectivity index (χ1) is 9.51. The molecular formula is C13H13FN2O3S. The topological polar surface area (TPSA) is 79.2 Å². The van der Waals surface area contributed by atoms with E-state index in [1.807, 2.05) is 0 Å². The van der Waals surface area contributed by atoms with Crippen molar-refractivity contribution in [2.24, 2.45) is 0 Å². The lowest BCUT2D eigenvalue weighted by atomic mass is 9.96. The maximum Gasteiger partial charge on any atom is 0.242 e. The minimum absolute atomic E-state index is 0.107. The molecule has 0 radical (unpaired) electrons. The van der Waals surface area contributed by atoms with Gasteiger partial charge in [-0.15, -0.1) is 0 Å². The van der Waals surface area contributed by atoms with Crippen LogP contribution in [0, 0.1) is 17.1 Å². The maximum atomic E-state index is 13.5. The van der Waals surface area contributed by atoms with Crippen LogP contribution in [-0.4, -0.2) is 26.7 Å². The number of hydrogen-bond acceptors (Lipinski definition) is 4. The number of rotatable bonds is 3. The molecule has 1 aromatic carbocycles. The molecule has 3 atom stereocenters. The van der Waals surface area contributed by atoms with Gasteiger partial charge in [0.15, 0.2) is 0 Å². The van der Waals surface area contributed by atoms with E-state index in [9.17, 15) is 12.8 Å². The number of nitrogens with zero attached hydrogens (tertiary/aromatic N) is 1. The molecule has 2 heterocycles. The number of nitrogens with one attached hydrogen (secondary N) is 1. The molecule has 0 spiro atoms. The Kier molecular flexibility index (Phi) is 3.24. The quantitative estimate of drug-likeness (QED) is 0.911. The van der Waals surface area contributed by atoms with Crippen molar-refractivity contribution < 1.29 is 17.5 Å². The third-order valence-corrected chi connectivity index (χ3v) is 5.32. The molecule has 0 aliphatic carbocycles. The Morgan fingerprint density at radius 1 is 1.40 bits per heavy atom. The molecule has 2 saturated heterocycles. The van der Waals surface area contributed by atoms with Gasteiger partial charge in [-0.1, -0.05) is 6.07 Å². The minimum atomic E-state index is -3.92. The van der Waals surface area contributed by atoms with Crippen LogP contribution in [0.25, 0.3) is 0 Å². The molecule has 0 amide bonds. The lowest BCUT2D eigenvalue weighted by Gasteiger charge is -2.20. The third-order valence-electron chi connectivity index (χ3n) is 3.79. The summed E-state index contributed by atoms with van der Waals surface area (Å²) in [6.45, 7) is 0. The van der Waals surface area contributed by atoms with Crippen molar-refractivity contribution in [1.29, 1.82) is 5.26 Å². The van der Waals surface area contributed by atoms with E-state index < -0.39 is 21.4 Å². The molecule has 5 nitrogen and oxygen atoms in total. The third kappa shape index (κ3) is 2.20. The molecule has 2 bridgehead atoms. The summed E-state index contributed by atoms with van der Waals surface area (Å²) >= 11 is 0. The van der Waals surface area contributed by atoms with Gasteiger partial charge in [-0.25, -0.2) is 17.5 Å². The van der Waals surface area contributed by atoms with Crippen LogP contribution >= 0.6 is 0 Å². The fourth-order valence-corrected chi connectivity index (χ4v) is 4.30. The Morgan fingerprint density at radius 3 is 2.80 bits per heavy atom. The van der Waals surface area contributed by atoms with Crippen molar-refractivity contribution in [3.8, 4) is 6.07 Å². The minimum Gasteiger partial charge on any atom is -0.373 e. The number of halogens is 1. The van der Waals surface area contributed by atoms with Crippen molar-refractivity contribution >= 4 is 10.0 Å². The number of nitriles is 1. The molecule has 106 valence electrons. The fraction of sp³-hybridized carbons (Fsp3) is 0.462. The fourth-order valence-electron chi connectivity index (χ4n) is 2.86. The largest absolute Gasteiger partial charge is 0.373 e. The zero-order chi connectivity index (χ0) is 14.3. The molecule has 1 aromatic rings. The summed E-state index contributed by atoms with van der Waals surface area (Å²) < 4.78 is 46.2. The monoisotopic (exact) mass is 296 g/mol. The van der Waals surface area contributed by atoms with Gasteiger partial charge in [0, 0.05) is 0 Å². The van der Waals surface area contributed by atoms with E-state index in [2.05, 4.69) is 4.72 Å². The van der Waals surface area contributed by atoms with Crippen LogP contribution in [-0.2, 0) is 14.8 Å². The van der Waals surface area contributed by atoms with E-state index >= 15 is 0 Å². The van der Waals surface area contributed by atoms with Gasteiger partial charge in [0.1, 0.15) is 22.3 Å². The van der Waals surface area contributed by atoms with Crippen LogP contribution < -0.4 is 4.72 Å². The molecule has 20 heavy (non-hydrogen) atoms. The summed E-state index contributed by atoms with van der Waals surface area (Å²) in [7, 11) is -3.92. The van der Waals surface area contributed by atoms with Gasteiger partial charge in [-0.05, 0) is 31.4 Å². The summed E-state index contributed by atoms with van der Waals surface area (Å²) in [6, 6.07) is 4.89. The first-order valence-corrected chi connectivity index (χ1v) is 7.86. The summed E-state index contributed by atoms with van der Waals surface area (Å²) in [4.78, 5) is -0.317. The van der Waals surface area contributed by atoms with Crippen molar-refractivity contribution in [2.75, 3.05) is 0 Å².